The Kier molecular flexibility index (Phi) is 8.15. The van der Waals surface area contributed by atoms with Crippen molar-refractivity contribution in [3.8, 4) is 5.75 Å². The zero-order valence-corrected chi connectivity index (χ0v) is 19.3. The first-order chi connectivity index (χ1) is 15.4. The van der Waals surface area contributed by atoms with Crippen LogP contribution in [0.1, 0.15) is 26.6 Å². The van der Waals surface area contributed by atoms with Gasteiger partial charge in [-0.3, -0.25) is 9.69 Å². The zero-order chi connectivity index (χ0) is 23.1. The maximum Gasteiger partial charge on any atom is 0.348 e. The van der Waals surface area contributed by atoms with Crippen LogP contribution in [0.4, 0.5) is 0 Å². The van der Waals surface area contributed by atoms with Crippen LogP contribution in [0.3, 0.4) is 0 Å². The number of aryl methyl sites for hydroxylation is 1. The number of H-pyrrole nitrogens is 1. The highest BCUT2D eigenvalue weighted by Crippen LogP contribution is 2.27. The lowest BCUT2D eigenvalue weighted by molar-refractivity contribution is 0.0393. The molecule has 8 nitrogen and oxygen atoms in total. The summed E-state index contributed by atoms with van der Waals surface area (Å²) in [5.41, 5.74) is 1.43. The summed E-state index contributed by atoms with van der Waals surface area (Å²) < 4.78 is 15.6. The Labute approximate surface area is 190 Å². The van der Waals surface area contributed by atoms with Gasteiger partial charge in [-0.05, 0) is 37.2 Å². The van der Waals surface area contributed by atoms with Crippen molar-refractivity contribution in [1.29, 1.82) is 0 Å². The average molecular weight is 458 g/mol. The van der Waals surface area contributed by atoms with E-state index in [1.807, 2.05) is 36.2 Å². The van der Waals surface area contributed by atoms with E-state index < -0.39 is 5.97 Å². The van der Waals surface area contributed by atoms with Crippen molar-refractivity contribution < 1.29 is 19.0 Å². The molecular formula is C23H27N3O5S. The van der Waals surface area contributed by atoms with Crippen LogP contribution >= 0.6 is 11.3 Å². The van der Waals surface area contributed by atoms with Gasteiger partial charge in [0.25, 0.3) is 5.56 Å². The van der Waals surface area contributed by atoms with E-state index in [1.54, 1.807) is 13.0 Å². The van der Waals surface area contributed by atoms with E-state index in [0.717, 1.165) is 11.3 Å². The molecule has 0 aliphatic rings. The summed E-state index contributed by atoms with van der Waals surface area (Å²) in [4.78, 5) is 35.4. The molecule has 0 aliphatic carbocycles. The molecule has 0 radical (unpaired) electrons. The second-order valence-corrected chi connectivity index (χ2v) is 8.29. The Bertz CT molecular complexity index is 1140. The van der Waals surface area contributed by atoms with Crippen LogP contribution in [-0.2, 0) is 22.6 Å². The van der Waals surface area contributed by atoms with E-state index in [-0.39, 0.29) is 12.2 Å². The summed E-state index contributed by atoms with van der Waals surface area (Å²) in [7, 11) is 3.49. The lowest BCUT2D eigenvalue weighted by Crippen LogP contribution is -2.21. The fourth-order valence-electron chi connectivity index (χ4n) is 3.21. The fourth-order valence-corrected chi connectivity index (χ4v) is 4.31. The molecule has 0 bridgehead atoms. The molecule has 9 heteroatoms. The molecule has 0 saturated carbocycles. The summed E-state index contributed by atoms with van der Waals surface area (Å²) in [5.74, 6) is 0.856. The standard InChI is InChI=1S/C23H27N3O5S/c1-5-10-30-17-8-6-16(7-9-17)13-26(3)14-18-24-21(27)19-15(2)20(32-22(19)25-18)23(28)31-12-11-29-4/h5-9H,1,10-14H2,2-4H3,(H,24,25,27). The summed E-state index contributed by atoms with van der Waals surface area (Å²) >= 11 is 1.17. The molecule has 3 aromatic rings. The molecule has 0 aliphatic heterocycles. The minimum Gasteiger partial charge on any atom is -0.490 e. The number of rotatable bonds is 11. The summed E-state index contributed by atoms with van der Waals surface area (Å²) in [6, 6.07) is 7.83. The Morgan fingerprint density at radius 2 is 2.00 bits per heavy atom. The predicted molar refractivity (Wildman–Crippen MR) is 124 cm³/mol. The average Bonchev–Trinajstić information content (AvgIpc) is 3.10. The molecule has 1 aromatic carbocycles. The molecule has 0 saturated heterocycles. The van der Waals surface area contributed by atoms with Gasteiger partial charge in [0.2, 0.25) is 0 Å². The Morgan fingerprint density at radius 3 is 2.69 bits per heavy atom. The third-order valence-corrected chi connectivity index (χ3v) is 5.88. The molecule has 3 rings (SSSR count). The number of thiophene rings is 1. The van der Waals surface area contributed by atoms with E-state index in [9.17, 15) is 9.59 Å². The highest BCUT2D eigenvalue weighted by atomic mass is 32.1. The van der Waals surface area contributed by atoms with Crippen LogP contribution in [-0.4, -0.2) is 54.8 Å². The van der Waals surface area contributed by atoms with Crippen LogP contribution < -0.4 is 10.3 Å². The van der Waals surface area contributed by atoms with Crippen molar-refractivity contribution in [2.75, 3.05) is 34.0 Å². The van der Waals surface area contributed by atoms with Gasteiger partial charge in [-0.25, -0.2) is 9.78 Å². The molecule has 0 amide bonds. The van der Waals surface area contributed by atoms with Crippen LogP contribution in [0.25, 0.3) is 10.2 Å². The first-order valence-electron chi connectivity index (χ1n) is 10.1. The maximum atomic E-state index is 12.7. The van der Waals surface area contributed by atoms with Gasteiger partial charge in [0, 0.05) is 13.7 Å². The number of fused-ring (bicyclic) bond motifs is 1. The molecular weight excluding hydrogens is 430 g/mol. The molecule has 0 unspecified atom stereocenters. The number of hydrogen-bond acceptors (Lipinski definition) is 8. The number of methoxy groups -OCH3 is 1. The molecule has 2 heterocycles. The number of hydrogen-bond donors (Lipinski definition) is 1. The zero-order valence-electron chi connectivity index (χ0n) is 18.5. The normalized spacial score (nSPS) is 11.1. The van der Waals surface area contributed by atoms with Gasteiger partial charge in [-0.2, -0.15) is 0 Å². The van der Waals surface area contributed by atoms with Crippen LogP contribution in [0.15, 0.2) is 41.7 Å². The third kappa shape index (κ3) is 5.82. The maximum absolute atomic E-state index is 12.7. The van der Waals surface area contributed by atoms with Crippen molar-refractivity contribution >= 4 is 27.5 Å². The van der Waals surface area contributed by atoms with Crippen molar-refractivity contribution in [1.82, 2.24) is 14.9 Å². The molecule has 32 heavy (non-hydrogen) atoms. The smallest absolute Gasteiger partial charge is 0.348 e. The van der Waals surface area contributed by atoms with Crippen LogP contribution in [0, 0.1) is 6.92 Å². The number of aromatic amines is 1. The number of carbonyl (C=O) groups excluding carboxylic acids is 1. The summed E-state index contributed by atoms with van der Waals surface area (Å²) in [6.07, 6.45) is 1.70. The van der Waals surface area contributed by atoms with Crippen LogP contribution in [0.5, 0.6) is 5.75 Å². The van der Waals surface area contributed by atoms with E-state index in [2.05, 4.69) is 16.5 Å². The van der Waals surface area contributed by atoms with Gasteiger partial charge in [-0.15, -0.1) is 11.3 Å². The Morgan fingerprint density at radius 1 is 1.25 bits per heavy atom. The number of benzene rings is 1. The van der Waals surface area contributed by atoms with Crippen LogP contribution in [0.2, 0.25) is 0 Å². The first-order valence-corrected chi connectivity index (χ1v) is 10.9. The van der Waals surface area contributed by atoms with E-state index in [1.165, 1.54) is 18.4 Å². The second kappa shape index (κ2) is 11.0. The van der Waals surface area contributed by atoms with Crippen molar-refractivity contribution in [3.05, 3.63) is 69.1 Å². The lowest BCUT2D eigenvalue weighted by atomic mass is 10.2. The van der Waals surface area contributed by atoms with E-state index in [0.29, 0.717) is 52.8 Å². The molecule has 1 N–H and O–H groups in total. The van der Waals surface area contributed by atoms with Gasteiger partial charge < -0.3 is 19.2 Å². The molecule has 0 spiro atoms. The van der Waals surface area contributed by atoms with Gasteiger partial charge >= 0.3 is 5.97 Å². The first kappa shape index (κ1) is 23.6. The topological polar surface area (TPSA) is 93.8 Å². The molecule has 2 aromatic heterocycles. The van der Waals surface area contributed by atoms with E-state index in [4.69, 9.17) is 14.2 Å². The predicted octanol–water partition coefficient (Wildman–Crippen LogP) is 3.29. The monoisotopic (exact) mass is 457 g/mol. The second-order valence-electron chi connectivity index (χ2n) is 7.29. The Hall–Kier alpha value is -3.01. The highest BCUT2D eigenvalue weighted by molar-refractivity contribution is 7.20. The number of esters is 1. The minimum absolute atomic E-state index is 0.157. The SMILES string of the molecule is C=CCOc1ccc(CN(C)Cc2nc3sc(C(=O)OCCOC)c(C)c3c(=O)[nH]2)cc1. The molecule has 0 fully saturated rings. The fraction of sp³-hybridized carbons (Fsp3) is 0.348. The van der Waals surface area contributed by atoms with Crippen molar-refractivity contribution in [2.24, 2.45) is 0 Å². The highest BCUT2D eigenvalue weighted by Gasteiger charge is 2.20. The van der Waals surface area contributed by atoms with Gasteiger partial charge in [0.15, 0.2) is 0 Å². The summed E-state index contributed by atoms with van der Waals surface area (Å²) in [6.45, 7) is 7.43. The van der Waals surface area contributed by atoms with E-state index >= 15 is 0 Å². The quantitative estimate of drug-likeness (QED) is 0.268. The number of nitrogens with one attached hydrogen (secondary N) is 1. The van der Waals surface area contributed by atoms with Gasteiger partial charge in [0.1, 0.15) is 34.5 Å². The van der Waals surface area contributed by atoms with Crippen molar-refractivity contribution in [2.45, 2.75) is 20.0 Å². The summed E-state index contributed by atoms with van der Waals surface area (Å²) in [5, 5.41) is 0.426. The Balaban J connectivity index is 1.71. The lowest BCUT2D eigenvalue weighted by Gasteiger charge is -2.16. The number of aromatic nitrogens is 2. The number of ether oxygens (including phenoxy) is 3. The molecule has 0 atom stereocenters. The van der Waals surface area contributed by atoms with Gasteiger partial charge in [-0.1, -0.05) is 24.8 Å². The third-order valence-electron chi connectivity index (χ3n) is 4.72. The minimum atomic E-state index is -0.471. The largest absolute Gasteiger partial charge is 0.490 e. The van der Waals surface area contributed by atoms with Crippen molar-refractivity contribution in [3.63, 3.8) is 0 Å². The number of nitrogens with zero attached hydrogens (tertiary/aromatic N) is 2. The molecule has 170 valence electrons. The van der Waals surface area contributed by atoms with Gasteiger partial charge in [0.05, 0.1) is 18.5 Å². The number of carbonyl (C=O) groups is 1.